The number of carbonyl (C=O) groups is 1. The van der Waals surface area contributed by atoms with Gasteiger partial charge in [-0.3, -0.25) is 0 Å². The number of carbonyl (C=O) groups excluding carboxylic acids is 1. The Bertz CT molecular complexity index is 875. The predicted octanol–water partition coefficient (Wildman–Crippen LogP) is 2.58. The summed E-state index contributed by atoms with van der Waals surface area (Å²) in [6.45, 7) is 1.04. The lowest BCUT2D eigenvalue weighted by atomic mass is 10.2. The smallest absolute Gasteiger partial charge is 0.338 e. The van der Waals surface area contributed by atoms with E-state index in [1.54, 1.807) is 29.2 Å². The summed E-state index contributed by atoms with van der Waals surface area (Å²) in [4.78, 5) is 16.4. The van der Waals surface area contributed by atoms with Gasteiger partial charge < -0.3 is 14.8 Å². The third kappa shape index (κ3) is 2.64. The first-order valence-corrected chi connectivity index (χ1v) is 7.19. The van der Waals surface area contributed by atoms with Crippen LogP contribution in [0.15, 0.2) is 48.8 Å². The molecule has 23 heavy (non-hydrogen) atoms. The second-order valence-corrected chi connectivity index (χ2v) is 5.03. The molecule has 116 valence electrons. The van der Waals surface area contributed by atoms with Gasteiger partial charge >= 0.3 is 6.03 Å². The van der Waals surface area contributed by atoms with Crippen LogP contribution in [0.5, 0.6) is 11.5 Å². The molecule has 4 rings (SSSR count). The molecule has 2 aromatic carbocycles. The fourth-order valence-electron chi connectivity index (χ4n) is 2.44. The van der Waals surface area contributed by atoms with Crippen molar-refractivity contribution in [2.24, 2.45) is 0 Å². The van der Waals surface area contributed by atoms with Crippen LogP contribution in [0.4, 0.5) is 10.5 Å². The lowest BCUT2D eigenvalue weighted by molar-refractivity contribution is 0.171. The maximum atomic E-state index is 12.1. The van der Waals surface area contributed by atoms with Gasteiger partial charge in [0.1, 0.15) is 19.5 Å². The topological polar surface area (TPSA) is 77.4 Å². The molecule has 0 saturated heterocycles. The summed E-state index contributed by atoms with van der Waals surface area (Å²) in [5.74, 6) is 1.31. The van der Waals surface area contributed by atoms with Gasteiger partial charge in [0.25, 0.3) is 0 Å². The number of benzene rings is 2. The summed E-state index contributed by atoms with van der Waals surface area (Å²) in [5, 5.41) is 2.76. The van der Waals surface area contributed by atoms with E-state index in [-0.39, 0.29) is 6.03 Å². The zero-order valence-corrected chi connectivity index (χ0v) is 12.2. The molecule has 0 saturated carbocycles. The molecule has 1 aliphatic rings. The second-order valence-electron chi connectivity index (χ2n) is 5.03. The van der Waals surface area contributed by atoms with Crippen molar-refractivity contribution in [1.82, 2.24) is 9.66 Å². The van der Waals surface area contributed by atoms with Crippen LogP contribution in [0.2, 0.25) is 0 Å². The van der Waals surface area contributed by atoms with E-state index in [1.807, 2.05) is 24.3 Å². The highest BCUT2D eigenvalue weighted by Gasteiger charge is 2.13. The molecule has 0 aliphatic carbocycles. The quantitative estimate of drug-likeness (QED) is 0.762. The fraction of sp³-hybridized carbons (Fsp3) is 0.125. The lowest BCUT2D eigenvalue weighted by Crippen LogP contribution is -2.27. The summed E-state index contributed by atoms with van der Waals surface area (Å²) < 4.78 is 12.5. The maximum Gasteiger partial charge on any atom is 0.338 e. The van der Waals surface area contributed by atoms with Crippen LogP contribution in [-0.4, -0.2) is 28.9 Å². The number of imidazole rings is 1. The number of nitrogens with one attached hydrogen (secondary N) is 2. The van der Waals surface area contributed by atoms with Gasteiger partial charge in [0, 0.05) is 11.8 Å². The van der Waals surface area contributed by atoms with Gasteiger partial charge in [-0.1, -0.05) is 12.1 Å². The number of aromatic nitrogens is 2. The first-order valence-electron chi connectivity index (χ1n) is 7.19. The van der Waals surface area contributed by atoms with Crippen molar-refractivity contribution in [2.45, 2.75) is 0 Å². The number of ether oxygens (including phenoxy) is 2. The molecule has 2 heterocycles. The van der Waals surface area contributed by atoms with Crippen LogP contribution in [0, 0.1) is 0 Å². The number of urea groups is 1. The summed E-state index contributed by atoms with van der Waals surface area (Å²) in [5.41, 5.74) is 4.98. The molecule has 0 radical (unpaired) electrons. The zero-order chi connectivity index (χ0) is 15.6. The monoisotopic (exact) mass is 310 g/mol. The summed E-state index contributed by atoms with van der Waals surface area (Å²) in [6, 6.07) is 12.5. The van der Waals surface area contributed by atoms with Crippen LogP contribution in [0.3, 0.4) is 0 Å². The van der Waals surface area contributed by atoms with E-state index in [4.69, 9.17) is 9.47 Å². The normalized spacial score (nSPS) is 12.9. The number of anilines is 1. The predicted molar refractivity (Wildman–Crippen MR) is 85.5 cm³/mol. The molecule has 0 unspecified atom stereocenters. The minimum atomic E-state index is -0.371. The van der Waals surface area contributed by atoms with Crippen molar-refractivity contribution in [3.8, 4) is 11.5 Å². The highest BCUT2D eigenvalue weighted by molar-refractivity contribution is 5.96. The third-order valence-electron chi connectivity index (χ3n) is 3.48. The second kappa shape index (κ2) is 5.53. The van der Waals surface area contributed by atoms with Gasteiger partial charge in [-0.05, 0) is 24.3 Å². The van der Waals surface area contributed by atoms with Crippen molar-refractivity contribution < 1.29 is 14.3 Å². The van der Waals surface area contributed by atoms with E-state index in [0.29, 0.717) is 30.4 Å². The van der Waals surface area contributed by atoms with Gasteiger partial charge in [0.2, 0.25) is 0 Å². The van der Waals surface area contributed by atoms with Crippen LogP contribution in [0.1, 0.15) is 0 Å². The van der Waals surface area contributed by atoms with Gasteiger partial charge in [-0.25, -0.2) is 19.9 Å². The lowest BCUT2D eigenvalue weighted by Gasteiger charge is -2.19. The minimum absolute atomic E-state index is 0.371. The summed E-state index contributed by atoms with van der Waals surface area (Å²) in [6.07, 6.45) is 1.56. The first-order chi connectivity index (χ1) is 11.3. The molecular weight excluding hydrogens is 296 g/mol. The van der Waals surface area contributed by atoms with Crippen LogP contribution >= 0.6 is 0 Å². The van der Waals surface area contributed by atoms with E-state index in [2.05, 4.69) is 15.7 Å². The first kappa shape index (κ1) is 13.4. The van der Waals surface area contributed by atoms with Gasteiger partial charge in [0.15, 0.2) is 11.5 Å². The Hall–Kier alpha value is -3.22. The van der Waals surface area contributed by atoms with E-state index in [0.717, 1.165) is 11.0 Å². The van der Waals surface area contributed by atoms with Crippen molar-refractivity contribution in [3.63, 3.8) is 0 Å². The Morgan fingerprint density at radius 2 is 1.91 bits per heavy atom. The molecule has 7 nitrogen and oxygen atoms in total. The van der Waals surface area contributed by atoms with Crippen LogP contribution in [-0.2, 0) is 0 Å². The molecule has 1 aliphatic heterocycles. The average molecular weight is 310 g/mol. The van der Waals surface area contributed by atoms with Crippen LogP contribution in [0.25, 0.3) is 11.0 Å². The molecule has 3 aromatic rings. The van der Waals surface area contributed by atoms with E-state index >= 15 is 0 Å². The van der Waals surface area contributed by atoms with Gasteiger partial charge in [-0.2, -0.15) is 0 Å². The maximum absolute atomic E-state index is 12.1. The molecule has 2 N–H and O–H groups in total. The number of fused-ring (bicyclic) bond motifs is 2. The number of para-hydroxylation sites is 2. The van der Waals surface area contributed by atoms with E-state index in [1.165, 1.54) is 0 Å². The Morgan fingerprint density at radius 3 is 2.83 bits per heavy atom. The number of amides is 2. The van der Waals surface area contributed by atoms with Crippen molar-refractivity contribution >= 4 is 22.8 Å². The van der Waals surface area contributed by atoms with E-state index < -0.39 is 0 Å². The summed E-state index contributed by atoms with van der Waals surface area (Å²) in [7, 11) is 0. The Labute approximate surface area is 131 Å². The molecular formula is C16H14N4O3. The van der Waals surface area contributed by atoms with Crippen LogP contribution < -0.4 is 20.2 Å². The van der Waals surface area contributed by atoms with Crippen molar-refractivity contribution in [3.05, 3.63) is 48.8 Å². The largest absolute Gasteiger partial charge is 0.486 e. The fourth-order valence-corrected chi connectivity index (χ4v) is 2.44. The molecule has 7 heteroatoms. The van der Waals surface area contributed by atoms with E-state index in [9.17, 15) is 4.79 Å². The van der Waals surface area contributed by atoms with Gasteiger partial charge in [0.05, 0.1) is 11.0 Å². The minimum Gasteiger partial charge on any atom is -0.486 e. The molecule has 0 bridgehead atoms. The third-order valence-corrected chi connectivity index (χ3v) is 3.48. The molecule has 1 aromatic heterocycles. The van der Waals surface area contributed by atoms with Gasteiger partial charge in [-0.15, -0.1) is 0 Å². The SMILES string of the molecule is O=C(Nc1ccc2c(c1)OCCO2)Nn1cnc2ccccc21. The highest BCUT2D eigenvalue weighted by Crippen LogP contribution is 2.32. The Kier molecular flexibility index (Phi) is 3.23. The number of hydrogen-bond donors (Lipinski definition) is 2. The van der Waals surface area contributed by atoms with Crippen molar-refractivity contribution in [2.75, 3.05) is 24.0 Å². The standard InChI is InChI=1S/C16H14N4O3/c21-16(19-20-10-17-12-3-1-2-4-13(12)20)18-11-5-6-14-15(9-11)23-8-7-22-14/h1-6,9-10H,7-8H2,(H2,18,19,21). The number of nitrogens with zero attached hydrogens (tertiary/aromatic N) is 2. The molecule has 2 amide bonds. The number of hydrogen-bond acceptors (Lipinski definition) is 4. The molecule has 0 spiro atoms. The average Bonchev–Trinajstić information content (AvgIpc) is 2.98. The Morgan fingerprint density at radius 1 is 1.09 bits per heavy atom. The summed E-state index contributed by atoms with van der Waals surface area (Å²) >= 11 is 0. The molecule has 0 fully saturated rings. The Balaban J connectivity index is 1.50. The highest BCUT2D eigenvalue weighted by atomic mass is 16.6. The van der Waals surface area contributed by atoms with Crippen molar-refractivity contribution in [1.29, 1.82) is 0 Å². The number of rotatable bonds is 2. The molecule has 0 atom stereocenters. The zero-order valence-electron chi connectivity index (χ0n) is 12.2.